The first kappa shape index (κ1) is 38.1. The van der Waals surface area contributed by atoms with Gasteiger partial charge < -0.3 is 44.9 Å². The number of benzene rings is 2. The Balaban J connectivity index is 0.000000180. The van der Waals surface area contributed by atoms with Crippen LogP contribution in [0.4, 0.5) is 11.4 Å². The Morgan fingerprint density at radius 2 is 1.45 bits per heavy atom. The van der Waals surface area contributed by atoms with Gasteiger partial charge in [0.1, 0.15) is 12.3 Å². The Morgan fingerprint density at radius 1 is 0.906 bits per heavy atom. The summed E-state index contributed by atoms with van der Waals surface area (Å²) in [5.41, 5.74) is 5.97. The van der Waals surface area contributed by atoms with E-state index in [9.17, 15) is 44.1 Å². The van der Waals surface area contributed by atoms with E-state index in [-0.39, 0.29) is 77.4 Å². The molecule has 2 saturated heterocycles. The number of β-lactam (4-membered cyclic amide) rings is 2. The molecule has 15 heteroatoms. The summed E-state index contributed by atoms with van der Waals surface area (Å²) in [6, 6.07) is 10.3. The van der Waals surface area contributed by atoms with Crippen molar-refractivity contribution in [3.05, 3.63) is 82.7 Å². The molecule has 0 saturated carbocycles. The van der Waals surface area contributed by atoms with E-state index in [2.05, 4.69) is 11.9 Å². The second-order valence-corrected chi connectivity index (χ2v) is 13.9. The third kappa shape index (κ3) is 6.21. The molecular formula is C38H37N4NaO10. The van der Waals surface area contributed by atoms with Gasteiger partial charge in [-0.2, -0.15) is 0 Å². The molecule has 14 nitrogen and oxygen atoms in total. The first-order valence-electron chi connectivity index (χ1n) is 17.0. The SMILES string of the molecule is C=CCOC(=O)C1=C(c2ccc3c(c2)N(C)C(=O)C3)C[C@@H]2[C@@H]([C@@H](C)O)C(=O)N12.C[C@@H](O)[C@H]1C(=O)N2C(C(=O)[O-])=C(c3ccc4c(c3)NC(=O)C4)C[C@H]12.[Na+]. The van der Waals surface area contributed by atoms with E-state index in [1.54, 1.807) is 37.1 Å². The maximum atomic E-state index is 12.7. The fraction of sp³-hybridized carbons (Fsp3) is 0.368. The molecule has 0 unspecified atom stereocenters. The summed E-state index contributed by atoms with van der Waals surface area (Å²) in [7, 11) is 1.72. The summed E-state index contributed by atoms with van der Waals surface area (Å²) in [5.74, 6) is -3.85. The molecule has 4 amide bonds. The smallest absolute Gasteiger partial charge is 0.543 e. The van der Waals surface area contributed by atoms with Gasteiger partial charge in [-0.25, -0.2) is 4.79 Å². The number of aliphatic hydroxyl groups excluding tert-OH is 2. The van der Waals surface area contributed by atoms with Crippen LogP contribution in [0.25, 0.3) is 11.1 Å². The number of aliphatic hydroxyl groups is 2. The Morgan fingerprint density at radius 3 is 2.02 bits per heavy atom. The number of fused-ring (bicyclic) bond motifs is 4. The standard InChI is InChI=1S/C21H22N2O5.C17H16N2O5.Na/c1-4-7-28-21(27)19-14(10-16-18(11(2)24)20(26)23(16)19)12-5-6-13-9-17(25)22(3)15(13)8-12;1-7(20)14-12-6-10(15(17(23)24)19(12)16(14)22)8-2-3-9-5-13(21)18-11(9)4-8;/h4-6,8,11,16,18,24H,1,7,9-10H2,2-3H3;2-4,7,12,14,20H,5-6H2,1H3,(H,18,21)(H,23,24);/q;;+1/p-1/t11-,16-,18-;7-,12-,14-;/m11./s1. The summed E-state index contributed by atoms with van der Waals surface area (Å²) in [4.78, 5) is 76.8. The first-order valence-corrected chi connectivity index (χ1v) is 17.0. The molecule has 2 aromatic carbocycles. The number of nitrogens with one attached hydrogen (secondary N) is 1. The molecule has 6 atom stereocenters. The van der Waals surface area contributed by atoms with Crippen LogP contribution >= 0.6 is 0 Å². The second-order valence-electron chi connectivity index (χ2n) is 13.9. The van der Waals surface area contributed by atoms with Gasteiger partial charge in [0.25, 0.3) is 0 Å². The van der Waals surface area contributed by atoms with Crippen LogP contribution < -0.4 is 44.9 Å². The van der Waals surface area contributed by atoms with Crippen molar-refractivity contribution in [3.8, 4) is 0 Å². The monoisotopic (exact) mass is 732 g/mol. The zero-order chi connectivity index (χ0) is 37.3. The van der Waals surface area contributed by atoms with Crippen LogP contribution in [0.3, 0.4) is 0 Å². The van der Waals surface area contributed by atoms with Crippen LogP contribution in [0.2, 0.25) is 0 Å². The molecule has 2 fully saturated rings. The molecule has 8 rings (SSSR count). The van der Waals surface area contributed by atoms with E-state index in [1.165, 1.54) is 22.8 Å². The molecule has 0 spiro atoms. The van der Waals surface area contributed by atoms with Crippen molar-refractivity contribution >= 4 is 58.1 Å². The van der Waals surface area contributed by atoms with Crippen LogP contribution in [0.15, 0.2) is 60.4 Å². The molecule has 0 aliphatic carbocycles. The third-order valence-electron chi connectivity index (χ3n) is 10.8. The van der Waals surface area contributed by atoms with Crippen molar-refractivity contribution in [2.24, 2.45) is 11.8 Å². The normalized spacial score (nSPS) is 24.5. The van der Waals surface area contributed by atoms with E-state index in [4.69, 9.17) is 4.74 Å². The number of carboxylic acids is 1. The van der Waals surface area contributed by atoms with E-state index < -0.39 is 41.9 Å². The van der Waals surface area contributed by atoms with E-state index in [1.807, 2.05) is 18.2 Å². The molecule has 0 radical (unpaired) electrons. The Labute approximate surface area is 327 Å². The second kappa shape index (κ2) is 14.3. The van der Waals surface area contributed by atoms with Crippen LogP contribution in [0.1, 0.15) is 48.9 Å². The number of likely N-dealkylation sites (N-methyl/N-ethyl adjacent to an activating group) is 1. The van der Waals surface area contributed by atoms with Crippen molar-refractivity contribution in [1.82, 2.24) is 9.80 Å². The number of amides is 4. The fourth-order valence-electron chi connectivity index (χ4n) is 8.27. The zero-order valence-corrected chi connectivity index (χ0v) is 31.8. The number of hydrogen-bond acceptors (Lipinski definition) is 10. The summed E-state index contributed by atoms with van der Waals surface area (Å²) >= 11 is 0. The summed E-state index contributed by atoms with van der Waals surface area (Å²) in [6.07, 6.45) is 1.31. The van der Waals surface area contributed by atoms with E-state index in [0.29, 0.717) is 48.1 Å². The van der Waals surface area contributed by atoms with Gasteiger partial charge in [0.2, 0.25) is 23.6 Å². The molecule has 3 N–H and O–H groups in total. The molecular weight excluding hydrogens is 695 g/mol. The van der Waals surface area contributed by atoms with Crippen molar-refractivity contribution in [2.75, 3.05) is 23.9 Å². The van der Waals surface area contributed by atoms with Crippen LogP contribution in [-0.2, 0) is 46.3 Å². The average molecular weight is 733 g/mol. The Bertz CT molecular complexity index is 2050. The molecule has 6 heterocycles. The quantitative estimate of drug-likeness (QED) is 0.113. The summed E-state index contributed by atoms with van der Waals surface area (Å²) in [5, 5.41) is 34.0. The van der Waals surface area contributed by atoms with Gasteiger partial charge in [-0.05, 0) is 72.2 Å². The number of hydrogen-bond donors (Lipinski definition) is 3. The van der Waals surface area contributed by atoms with Gasteiger partial charge in [-0.15, -0.1) is 0 Å². The number of carbonyl (C=O) groups excluding carboxylic acids is 6. The minimum absolute atomic E-state index is 0. The third-order valence-corrected chi connectivity index (χ3v) is 10.8. The van der Waals surface area contributed by atoms with Gasteiger partial charge in [0.05, 0.1) is 60.6 Å². The maximum Gasteiger partial charge on any atom is 1.00 e. The molecule has 2 aromatic rings. The molecule has 6 aliphatic rings. The van der Waals surface area contributed by atoms with E-state index >= 15 is 0 Å². The van der Waals surface area contributed by atoms with Crippen LogP contribution in [-0.4, -0.2) is 93.5 Å². The minimum Gasteiger partial charge on any atom is -0.543 e. The van der Waals surface area contributed by atoms with Gasteiger partial charge in [0, 0.05) is 18.4 Å². The number of aliphatic carboxylic acids is 1. The number of carbonyl (C=O) groups is 6. The number of ether oxygens (including phenoxy) is 1. The number of anilines is 2. The topological polar surface area (TPSA) is 197 Å². The van der Waals surface area contributed by atoms with Crippen molar-refractivity contribution in [3.63, 3.8) is 0 Å². The van der Waals surface area contributed by atoms with E-state index in [0.717, 1.165) is 22.4 Å². The summed E-state index contributed by atoms with van der Waals surface area (Å²) in [6.45, 7) is 6.71. The van der Waals surface area contributed by atoms with Gasteiger partial charge >= 0.3 is 35.5 Å². The Kier molecular flexibility index (Phi) is 10.3. The largest absolute Gasteiger partial charge is 1.00 e. The predicted octanol–water partition coefficient (Wildman–Crippen LogP) is -2.48. The zero-order valence-electron chi connectivity index (χ0n) is 29.8. The van der Waals surface area contributed by atoms with Gasteiger partial charge in [-0.1, -0.05) is 36.9 Å². The number of esters is 1. The van der Waals surface area contributed by atoms with Gasteiger partial charge in [0.15, 0.2) is 0 Å². The van der Waals surface area contributed by atoms with Crippen molar-refractivity contribution in [1.29, 1.82) is 0 Å². The predicted molar refractivity (Wildman–Crippen MR) is 183 cm³/mol. The number of carboxylic acid groups (broad SMARTS) is 1. The van der Waals surface area contributed by atoms with Crippen LogP contribution in [0.5, 0.6) is 0 Å². The molecule has 6 aliphatic heterocycles. The van der Waals surface area contributed by atoms with Gasteiger partial charge in [-0.3, -0.25) is 19.2 Å². The molecule has 53 heavy (non-hydrogen) atoms. The van der Waals surface area contributed by atoms with Crippen LogP contribution in [0, 0.1) is 11.8 Å². The fourth-order valence-corrected chi connectivity index (χ4v) is 8.27. The molecule has 0 aromatic heterocycles. The number of rotatable bonds is 8. The maximum absolute atomic E-state index is 12.7. The van der Waals surface area contributed by atoms with Crippen molar-refractivity contribution in [2.45, 2.75) is 63.8 Å². The Hall–Kier alpha value is -4.60. The number of nitrogens with zero attached hydrogens (tertiary/aromatic N) is 3. The summed E-state index contributed by atoms with van der Waals surface area (Å²) < 4.78 is 5.22. The van der Waals surface area contributed by atoms with Crippen molar-refractivity contribution < 1.29 is 78.4 Å². The molecule has 0 bridgehead atoms. The minimum atomic E-state index is -1.41. The average Bonchev–Trinajstić information content (AvgIpc) is 3.81. The molecule has 270 valence electrons. The first-order chi connectivity index (χ1) is 24.7.